The fourth-order valence-electron chi connectivity index (χ4n) is 0.726. The van der Waals surface area contributed by atoms with E-state index in [1.54, 1.807) is 0 Å². The molecule has 0 aromatic rings. The van der Waals surface area contributed by atoms with E-state index in [2.05, 4.69) is 0 Å². The lowest BCUT2D eigenvalue weighted by atomic mass is 10.2. The Morgan fingerprint density at radius 2 is 1.58 bits per heavy atom. The Morgan fingerprint density at radius 3 is 1.67 bits per heavy atom. The largest absolute Gasteiger partial charge is 0.337 e. The van der Waals surface area contributed by atoms with Crippen LogP contribution in [0.4, 0.5) is 22.0 Å². The molecular formula is C5HCl2F5. The molecule has 0 saturated carbocycles. The van der Waals surface area contributed by atoms with Crippen molar-refractivity contribution in [1.82, 2.24) is 0 Å². The van der Waals surface area contributed by atoms with Gasteiger partial charge in [0.15, 0.2) is 12.0 Å². The summed E-state index contributed by atoms with van der Waals surface area (Å²) in [5.41, 5.74) is 0. The molecule has 0 fully saturated rings. The molecule has 0 heterocycles. The maximum Gasteiger partial charge on any atom is 0.337 e. The van der Waals surface area contributed by atoms with Crippen LogP contribution in [0.5, 0.6) is 0 Å². The van der Waals surface area contributed by atoms with Crippen LogP contribution in [0.15, 0.2) is 11.7 Å². The molecule has 0 aliphatic heterocycles. The van der Waals surface area contributed by atoms with Gasteiger partial charge in [-0.2, -0.15) is 8.78 Å². The van der Waals surface area contributed by atoms with Crippen molar-refractivity contribution in [3.63, 3.8) is 0 Å². The van der Waals surface area contributed by atoms with E-state index in [0.717, 1.165) is 0 Å². The zero-order valence-corrected chi connectivity index (χ0v) is 6.73. The van der Waals surface area contributed by atoms with Crippen molar-refractivity contribution in [1.29, 1.82) is 0 Å². The Morgan fingerprint density at radius 1 is 1.17 bits per heavy atom. The van der Waals surface area contributed by atoms with E-state index in [1.807, 2.05) is 0 Å². The number of hydrogen-bond donors (Lipinski definition) is 0. The first-order valence-corrected chi connectivity index (χ1v) is 3.44. The maximum atomic E-state index is 12.4. The van der Waals surface area contributed by atoms with Gasteiger partial charge in [-0.1, -0.05) is 23.2 Å². The van der Waals surface area contributed by atoms with Crippen LogP contribution in [0.1, 0.15) is 0 Å². The van der Waals surface area contributed by atoms with Crippen LogP contribution in [0, 0.1) is 0 Å². The zero-order chi connectivity index (χ0) is 9.73. The summed E-state index contributed by atoms with van der Waals surface area (Å²) in [5, 5.41) is 0. The summed E-state index contributed by atoms with van der Waals surface area (Å²) in [4.78, 5) is 0. The van der Waals surface area contributed by atoms with Gasteiger partial charge in [0.25, 0.3) is 0 Å². The average Bonchev–Trinajstić information content (AvgIpc) is 2.05. The highest BCUT2D eigenvalue weighted by atomic mass is 35.5. The molecule has 1 atom stereocenters. The third-order valence-corrected chi connectivity index (χ3v) is 2.30. The molecule has 0 saturated heterocycles. The van der Waals surface area contributed by atoms with E-state index in [0.29, 0.717) is 0 Å². The average molecular weight is 227 g/mol. The van der Waals surface area contributed by atoms with Gasteiger partial charge in [0.1, 0.15) is 0 Å². The number of rotatable bonds is 0. The predicted molar refractivity (Wildman–Crippen MR) is 33.5 cm³/mol. The Bertz CT molecular complexity index is 246. The summed E-state index contributed by atoms with van der Waals surface area (Å²) in [5.74, 6) is -9.30. The maximum absolute atomic E-state index is 12.4. The van der Waals surface area contributed by atoms with Crippen molar-refractivity contribution in [2.24, 2.45) is 0 Å². The van der Waals surface area contributed by atoms with Crippen LogP contribution < -0.4 is 0 Å². The minimum absolute atomic E-state index is 2.25. The minimum atomic E-state index is -4.51. The van der Waals surface area contributed by atoms with Crippen molar-refractivity contribution in [2.45, 2.75) is 16.4 Å². The predicted octanol–water partition coefficient (Wildman–Crippen LogP) is 3.30. The van der Waals surface area contributed by atoms with Crippen molar-refractivity contribution in [2.75, 3.05) is 0 Å². The van der Waals surface area contributed by atoms with Gasteiger partial charge in [-0.25, -0.2) is 13.2 Å². The topological polar surface area (TPSA) is 0 Å². The fourth-order valence-corrected chi connectivity index (χ4v) is 1.08. The molecule has 0 bridgehead atoms. The van der Waals surface area contributed by atoms with Gasteiger partial charge in [0, 0.05) is 0 Å². The quantitative estimate of drug-likeness (QED) is 0.440. The third-order valence-electron chi connectivity index (χ3n) is 1.44. The summed E-state index contributed by atoms with van der Waals surface area (Å²) >= 11 is 9.44. The Kier molecular flexibility index (Phi) is 2.08. The molecule has 12 heavy (non-hydrogen) atoms. The van der Waals surface area contributed by atoms with E-state index in [-0.39, 0.29) is 0 Å². The standard InChI is InChI=1S/C5HCl2F5/c6-4(7)2(9)1(8)3(10)5(4,11)12/h2H. The van der Waals surface area contributed by atoms with Crippen molar-refractivity contribution in [3.8, 4) is 0 Å². The molecule has 0 nitrogen and oxygen atoms in total. The second-order valence-electron chi connectivity index (χ2n) is 2.22. The molecule has 0 aromatic heterocycles. The molecule has 70 valence electrons. The lowest BCUT2D eigenvalue weighted by molar-refractivity contribution is 0.00122. The third kappa shape index (κ3) is 0.956. The van der Waals surface area contributed by atoms with E-state index >= 15 is 0 Å². The van der Waals surface area contributed by atoms with Crippen LogP contribution in [-0.4, -0.2) is 16.4 Å². The smallest absolute Gasteiger partial charge is 0.236 e. The van der Waals surface area contributed by atoms with Crippen molar-refractivity contribution < 1.29 is 22.0 Å². The first kappa shape index (κ1) is 10.1. The lowest BCUT2D eigenvalue weighted by Gasteiger charge is -2.22. The van der Waals surface area contributed by atoms with E-state index in [4.69, 9.17) is 23.2 Å². The van der Waals surface area contributed by atoms with E-state index in [9.17, 15) is 22.0 Å². The van der Waals surface area contributed by atoms with Crippen molar-refractivity contribution in [3.05, 3.63) is 11.7 Å². The zero-order valence-electron chi connectivity index (χ0n) is 5.22. The van der Waals surface area contributed by atoms with Gasteiger partial charge in [0.2, 0.25) is 10.2 Å². The first-order chi connectivity index (χ1) is 5.23. The molecule has 1 rings (SSSR count). The Balaban J connectivity index is 3.22. The van der Waals surface area contributed by atoms with Crippen LogP contribution >= 0.6 is 23.2 Å². The Hall–Kier alpha value is -0.0300. The molecule has 0 N–H and O–H groups in total. The van der Waals surface area contributed by atoms with Gasteiger partial charge in [0.05, 0.1) is 0 Å². The summed E-state index contributed by atoms with van der Waals surface area (Å²) in [6.45, 7) is 0. The summed E-state index contributed by atoms with van der Waals surface area (Å²) in [6.07, 6.45) is -3.03. The van der Waals surface area contributed by atoms with Gasteiger partial charge in [-0.15, -0.1) is 0 Å². The van der Waals surface area contributed by atoms with E-state index in [1.165, 1.54) is 0 Å². The number of alkyl halides is 5. The highest BCUT2D eigenvalue weighted by Crippen LogP contribution is 2.55. The second kappa shape index (κ2) is 2.48. The van der Waals surface area contributed by atoms with Gasteiger partial charge < -0.3 is 0 Å². The summed E-state index contributed by atoms with van der Waals surface area (Å²) in [6, 6.07) is 0. The van der Waals surface area contributed by atoms with Gasteiger partial charge in [-0.3, -0.25) is 0 Å². The molecule has 0 amide bonds. The molecule has 0 radical (unpaired) electrons. The highest BCUT2D eigenvalue weighted by molar-refractivity contribution is 6.50. The summed E-state index contributed by atoms with van der Waals surface area (Å²) < 4.78 is 58.3. The number of hydrogen-bond acceptors (Lipinski definition) is 0. The van der Waals surface area contributed by atoms with Crippen molar-refractivity contribution >= 4 is 23.2 Å². The lowest BCUT2D eigenvalue weighted by Crippen LogP contribution is -2.40. The first-order valence-electron chi connectivity index (χ1n) is 2.68. The molecule has 1 aliphatic carbocycles. The molecular weight excluding hydrogens is 226 g/mol. The number of halogens is 7. The molecule has 7 heteroatoms. The van der Waals surface area contributed by atoms with Gasteiger partial charge >= 0.3 is 5.92 Å². The normalized spacial score (nSPS) is 32.8. The second-order valence-corrected chi connectivity index (χ2v) is 3.61. The minimum Gasteiger partial charge on any atom is -0.236 e. The van der Waals surface area contributed by atoms with Crippen LogP contribution in [0.2, 0.25) is 0 Å². The Labute approximate surface area is 73.9 Å². The molecule has 0 aromatic carbocycles. The van der Waals surface area contributed by atoms with E-state index < -0.39 is 28.1 Å². The van der Waals surface area contributed by atoms with Gasteiger partial charge in [-0.05, 0) is 0 Å². The van der Waals surface area contributed by atoms with Crippen LogP contribution in [-0.2, 0) is 0 Å². The monoisotopic (exact) mass is 226 g/mol. The number of allylic oxidation sites excluding steroid dienone is 2. The van der Waals surface area contributed by atoms with Crippen LogP contribution in [0.3, 0.4) is 0 Å². The van der Waals surface area contributed by atoms with Crippen LogP contribution in [0.25, 0.3) is 0 Å². The summed E-state index contributed by atoms with van der Waals surface area (Å²) in [7, 11) is 0. The SMILES string of the molecule is FC1=C(F)C(F)(F)C(Cl)(Cl)C1F. The molecule has 1 unspecified atom stereocenters. The highest BCUT2D eigenvalue weighted by Gasteiger charge is 2.68. The molecule has 1 aliphatic rings. The molecule has 0 spiro atoms. The fraction of sp³-hybridized carbons (Fsp3) is 0.600.